The Bertz CT molecular complexity index is 1050. The Balaban J connectivity index is 1.85. The number of aryl methyl sites for hydroxylation is 4. The molecule has 2 aromatic carbocycles. The maximum absolute atomic E-state index is 12.8. The van der Waals surface area contributed by atoms with Gasteiger partial charge in [-0.1, -0.05) is 24.3 Å². The van der Waals surface area contributed by atoms with E-state index in [1.54, 1.807) is 0 Å². The number of nitrogens with zero attached hydrogens (tertiary/aromatic N) is 3. The molecule has 0 bridgehead atoms. The molecule has 0 aliphatic rings. The van der Waals surface area contributed by atoms with E-state index in [1.165, 1.54) is 0 Å². The minimum absolute atomic E-state index is 0.199. The van der Waals surface area contributed by atoms with Gasteiger partial charge < -0.3 is 5.32 Å². The number of para-hydroxylation sites is 1. The minimum atomic E-state index is -0.199. The molecule has 0 aliphatic carbocycles. The van der Waals surface area contributed by atoms with Gasteiger partial charge in [-0.05, 0) is 63.1 Å². The molecule has 150 valence electrons. The number of nitrogens with one attached hydrogen (secondary N) is 2. The van der Waals surface area contributed by atoms with Crippen molar-refractivity contribution < 1.29 is 4.79 Å². The zero-order valence-electron chi connectivity index (χ0n) is 17.6. The third-order valence-electron chi connectivity index (χ3n) is 5.09. The lowest BCUT2D eigenvalue weighted by molar-refractivity contribution is 0.0977. The van der Waals surface area contributed by atoms with Crippen molar-refractivity contribution in [1.29, 1.82) is 0 Å². The summed E-state index contributed by atoms with van der Waals surface area (Å²) in [6.07, 6.45) is 0. The van der Waals surface area contributed by atoms with Crippen LogP contribution < -0.4 is 10.6 Å². The van der Waals surface area contributed by atoms with E-state index in [1.807, 2.05) is 88.0 Å². The Kier molecular flexibility index (Phi) is 6.12. The molecule has 6 heteroatoms. The van der Waals surface area contributed by atoms with Crippen LogP contribution in [0.1, 0.15) is 38.4 Å². The number of aromatic nitrogens is 2. The van der Waals surface area contributed by atoms with Crippen molar-refractivity contribution >= 4 is 17.6 Å². The van der Waals surface area contributed by atoms with E-state index in [0.29, 0.717) is 18.1 Å². The Morgan fingerprint density at radius 1 is 1.03 bits per heavy atom. The van der Waals surface area contributed by atoms with Crippen LogP contribution in [0.15, 0.2) is 53.5 Å². The molecule has 0 aliphatic heterocycles. The smallest absolute Gasteiger partial charge is 0.257 e. The summed E-state index contributed by atoms with van der Waals surface area (Å²) in [6.45, 7) is 8.43. The van der Waals surface area contributed by atoms with Crippen LogP contribution in [0.2, 0.25) is 0 Å². The largest absolute Gasteiger partial charge is 0.326 e. The molecule has 3 rings (SSSR count). The number of aliphatic imine (C=N–C) groups is 1. The summed E-state index contributed by atoms with van der Waals surface area (Å²) in [5, 5.41) is 10.6. The molecular formula is C23H27N5O. The number of hydrogen-bond donors (Lipinski definition) is 2. The molecule has 0 atom stereocenters. The highest BCUT2D eigenvalue weighted by Crippen LogP contribution is 2.14. The van der Waals surface area contributed by atoms with Crippen LogP contribution in [0.3, 0.4) is 0 Å². The number of rotatable bonds is 4. The van der Waals surface area contributed by atoms with Gasteiger partial charge in [-0.3, -0.25) is 14.8 Å². The molecule has 0 fully saturated rings. The van der Waals surface area contributed by atoms with E-state index >= 15 is 0 Å². The fraction of sp³-hybridized carbons (Fsp3) is 0.261. The summed E-state index contributed by atoms with van der Waals surface area (Å²) in [5.41, 5.74) is 6.74. The van der Waals surface area contributed by atoms with Crippen LogP contribution in [0.5, 0.6) is 0 Å². The minimum Gasteiger partial charge on any atom is -0.326 e. The van der Waals surface area contributed by atoms with E-state index in [0.717, 1.165) is 33.8 Å². The lowest BCUT2D eigenvalue weighted by atomic mass is 10.1. The van der Waals surface area contributed by atoms with Gasteiger partial charge in [-0.2, -0.15) is 5.10 Å². The maximum Gasteiger partial charge on any atom is 0.257 e. The Labute approximate surface area is 171 Å². The van der Waals surface area contributed by atoms with Crippen molar-refractivity contribution in [2.45, 2.75) is 34.2 Å². The first-order chi connectivity index (χ1) is 13.8. The molecule has 0 saturated carbocycles. The second-order valence-electron chi connectivity index (χ2n) is 7.18. The topological polar surface area (TPSA) is 71.3 Å². The second kappa shape index (κ2) is 8.73. The lowest BCUT2D eigenvalue weighted by Gasteiger charge is -2.13. The fourth-order valence-corrected chi connectivity index (χ4v) is 3.04. The fourth-order valence-electron chi connectivity index (χ4n) is 3.04. The number of amides is 1. The molecule has 29 heavy (non-hydrogen) atoms. The summed E-state index contributed by atoms with van der Waals surface area (Å²) < 4.78 is 1.85. The van der Waals surface area contributed by atoms with Crippen LogP contribution in [0.4, 0.5) is 5.69 Å². The van der Waals surface area contributed by atoms with Gasteiger partial charge in [-0.25, -0.2) is 4.99 Å². The van der Waals surface area contributed by atoms with Gasteiger partial charge in [0.25, 0.3) is 5.91 Å². The van der Waals surface area contributed by atoms with Crippen molar-refractivity contribution in [3.63, 3.8) is 0 Å². The van der Waals surface area contributed by atoms with Crippen LogP contribution in [-0.4, -0.2) is 21.6 Å². The van der Waals surface area contributed by atoms with Gasteiger partial charge in [0, 0.05) is 29.6 Å². The number of benzene rings is 2. The van der Waals surface area contributed by atoms with E-state index in [2.05, 4.69) is 20.7 Å². The van der Waals surface area contributed by atoms with Gasteiger partial charge in [0.05, 0.1) is 12.2 Å². The zero-order valence-corrected chi connectivity index (χ0v) is 17.6. The first-order valence-corrected chi connectivity index (χ1v) is 9.59. The number of carbonyl (C=O) groups is 1. The van der Waals surface area contributed by atoms with E-state index in [-0.39, 0.29) is 5.91 Å². The highest BCUT2D eigenvalue weighted by atomic mass is 16.1. The number of anilines is 1. The van der Waals surface area contributed by atoms with Crippen LogP contribution in [0, 0.1) is 27.7 Å². The van der Waals surface area contributed by atoms with E-state index < -0.39 is 0 Å². The van der Waals surface area contributed by atoms with Crippen molar-refractivity contribution in [3.8, 4) is 0 Å². The maximum atomic E-state index is 12.8. The average Bonchev–Trinajstić information content (AvgIpc) is 2.94. The molecule has 1 heterocycles. The molecule has 0 spiro atoms. The number of hydrogen-bond acceptors (Lipinski definition) is 3. The first-order valence-electron chi connectivity index (χ1n) is 9.59. The summed E-state index contributed by atoms with van der Waals surface area (Å²) >= 11 is 0. The van der Waals surface area contributed by atoms with Crippen molar-refractivity contribution in [2.75, 3.05) is 5.32 Å². The first kappa shape index (κ1) is 20.3. The van der Waals surface area contributed by atoms with Crippen LogP contribution >= 0.6 is 0 Å². The molecule has 1 amide bonds. The molecule has 2 N–H and O–H groups in total. The van der Waals surface area contributed by atoms with Gasteiger partial charge in [-0.15, -0.1) is 0 Å². The highest BCUT2D eigenvalue weighted by molar-refractivity contribution is 6.10. The lowest BCUT2D eigenvalue weighted by Crippen LogP contribution is -2.36. The molecule has 3 aromatic rings. The van der Waals surface area contributed by atoms with Crippen molar-refractivity contribution in [3.05, 3.63) is 82.2 Å². The second-order valence-corrected chi connectivity index (χ2v) is 7.18. The molecular weight excluding hydrogens is 362 g/mol. The average molecular weight is 390 g/mol. The molecule has 0 unspecified atom stereocenters. The quantitative estimate of drug-likeness (QED) is 0.522. The van der Waals surface area contributed by atoms with Crippen LogP contribution in [0.25, 0.3) is 0 Å². The predicted molar refractivity (Wildman–Crippen MR) is 117 cm³/mol. The van der Waals surface area contributed by atoms with Gasteiger partial charge in [0.15, 0.2) is 0 Å². The molecule has 0 radical (unpaired) electrons. The molecule has 6 nitrogen and oxygen atoms in total. The Morgan fingerprint density at radius 2 is 1.76 bits per heavy atom. The third-order valence-corrected chi connectivity index (χ3v) is 5.09. The molecule has 1 aromatic heterocycles. The molecule has 0 saturated heterocycles. The monoisotopic (exact) mass is 389 g/mol. The SMILES string of the molecule is Cc1ccc(C(=O)NC(=NCc2c(C)nn(C)c2C)Nc2ccccc2)cc1C. The van der Waals surface area contributed by atoms with Crippen molar-refractivity contribution in [1.82, 2.24) is 15.1 Å². The zero-order chi connectivity index (χ0) is 21.0. The number of carbonyl (C=O) groups excluding carboxylic acids is 1. The van der Waals surface area contributed by atoms with E-state index in [9.17, 15) is 4.79 Å². The van der Waals surface area contributed by atoms with Crippen molar-refractivity contribution in [2.24, 2.45) is 12.0 Å². The summed E-state index contributed by atoms with van der Waals surface area (Å²) in [6, 6.07) is 15.3. The van der Waals surface area contributed by atoms with Gasteiger partial charge >= 0.3 is 0 Å². The summed E-state index contributed by atoms with van der Waals surface area (Å²) in [5.74, 6) is 0.206. The Hall–Kier alpha value is -3.41. The predicted octanol–water partition coefficient (Wildman–Crippen LogP) is 4.05. The van der Waals surface area contributed by atoms with E-state index in [4.69, 9.17) is 0 Å². The highest BCUT2D eigenvalue weighted by Gasteiger charge is 2.12. The van der Waals surface area contributed by atoms with Gasteiger partial charge in [0.2, 0.25) is 5.96 Å². The van der Waals surface area contributed by atoms with Crippen LogP contribution in [-0.2, 0) is 13.6 Å². The normalized spacial score (nSPS) is 11.4. The summed E-state index contributed by atoms with van der Waals surface area (Å²) in [7, 11) is 1.92. The van der Waals surface area contributed by atoms with Gasteiger partial charge in [0.1, 0.15) is 0 Å². The Morgan fingerprint density at radius 3 is 2.38 bits per heavy atom. The number of guanidine groups is 1. The summed E-state index contributed by atoms with van der Waals surface area (Å²) in [4.78, 5) is 17.5. The third kappa shape index (κ3) is 4.90. The standard InChI is InChI=1S/C23H27N5O/c1-15-11-12-19(13-16(15)2)22(29)26-23(25-20-9-7-6-8-10-20)24-14-21-17(3)27-28(5)18(21)4/h6-13H,14H2,1-5H3,(H2,24,25,26,29).